The maximum absolute atomic E-state index is 11.2. The number of ether oxygens (including phenoxy) is 3. The molecule has 0 saturated carbocycles. The van der Waals surface area contributed by atoms with Gasteiger partial charge in [-0.15, -0.1) is 0 Å². The summed E-state index contributed by atoms with van der Waals surface area (Å²) >= 11 is 0. The van der Waals surface area contributed by atoms with E-state index >= 15 is 0 Å². The van der Waals surface area contributed by atoms with Gasteiger partial charge >= 0.3 is 5.97 Å². The Morgan fingerprint density at radius 3 is 3.00 bits per heavy atom. The molecule has 0 spiro atoms. The number of methoxy groups -OCH3 is 2. The normalized spacial score (nSPS) is 17.5. The molecule has 0 aliphatic carbocycles. The van der Waals surface area contributed by atoms with Crippen molar-refractivity contribution in [2.45, 2.75) is 12.3 Å². The first kappa shape index (κ1) is 10.8. The van der Waals surface area contributed by atoms with Crippen molar-refractivity contribution in [3.05, 3.63) is 23.8 Å². The van der Waals surface area contributed by atoms with Crippen LogP contribution in [0.1, 0.15) is 17.9 Å². The van der Waals surface area contributed by atoms with Gasteiger partial charge in [0.15, 0.2) is 0 Å². The summed E-state index contributed by atoms with van der Waals surface area (Å²) in [4.78, 5) is 11.2. The fourth-order valence-corrected chi connectivity index (χ4v) is 1.84. The van der Waals surface area contributed by atoms with Crippen molar-refractivity contribution in [3.8, 4) is 11.5 Å². The van der Waals surface area contributed by atoms with Crippen molar-refractivity contribution in [2.75, 3.05) is 20.8 Å². The van der Waals surface area contributed by atoms with E-state index in [0.29, 0.717) is 13.0 Å². The van der Waals surface area contributed by atoms with E-state index in [1.165, 1.54) is 7.11 Å². The molecule has 2 rings (SSSR count). The second-order valence-electron chi connectivity index (χ2n) is 3.69. The molecule has 1 heterocycles. The van der Waals surface area contributed by atoms with Crippen molar-refractivity contribution >= 4 is 5.97 Å². The maximum atomic E-state index is 11.2. The average molecular weight is 222 g/mol. The summed E-state index contributed by atoms with van der Waals surface area (Å²) < 4.78 is 15.3. The van der Waals surface area contributed by atoms with Crippen LogP contribution in [0.4, 0.5) is 0 Å². The minimum atomic E-state index is -0.211. The van der Waals surface area contributed by atoms with Gasteiger partial charge in [0.05, 0.1) is 27.2 Å². The molecule has 1 atom stereocenters. The molecule has 86 valence electrons. The van der Waals surface area contributed by atoms with Crippen LogP contribution < -0.4 is 9.47 Å². The van der Waals surface area contributed by atoms with Crippen molar-refractivity contribution in [2.24, 2.45) is 0 Å². The molecule has 0 fully saturated rings. The SMILES string of the molecule is COC(=O)C[C@H]1COc2cc(OC)ccc21. The van der Waals surface area contributed by atoms with Gasteiger partial charge in [-0.05, 0) is 6.07 Å². The van der Waals surface area contributed by atoms with Crippen LogP contribution in [-0.4, -0.2) is 26.8 Å². The molecule has 0 unspecified atom stereocenters. The third-order valence-corrected chi connectivity index (χ3v) is 2.74. The third kappa shape index (κ3) is 1.96. The molecule has 0 radical (unpaired) electrons. The molecular formula is C12H14O4. The van der Waals surface area contributed by atoms with Gasteiger partial charge in [-0.3, -0.25) is 4.79 Å². The number of benzene rings is 1. The van der Waals surface area contributed by atoms with Gasteiger partial charge in [0.2, 0.25) is 0 Å². The summed E-state index contributed by atoms with van der Waals surface area (Å²) in [7, 11) is 3.01. The molecule has 0 saturated heterocycles. The maximum Gasteiger partial charge on any atom is 0.306 e. The quantitative estimate of drug-likeness (QED) is 0.731. The summed E-state index contributed by atoms with van der Waals surface area (Å²) in [5, 5.41) is 0. The summed E-state index contributed by atoms with van der Waals surface area (Å²) in [6.07, 6.45) is 0.357. The van der Waals surface area contributed by atoms with Crippen molar-refractivity contribution in [1.29, 1.82) is 0 Å². The van der Waals surface area contributed by atoms with E-state index in [4.69, 9.17) is 9.47 Å². The zero-order valence-corrected chi connectivity index (χ0v) is 9.36. The van der Waals surface area contributed by atoms with Crippen LogP contribution >= 0.6 is 0 Å². The van der Waals surface area contributed by atoms with E-state index in [1.54, 1.807) is 7.11 Å². The highest BCUT2D eigenvalue weighted by Crippen LogP contribution is 2.38. The van der Waals surface area contributed by atoms with Gasteiger partial charge in [-0.2, -0.15) is 0 Å². The molecule has 4 nitrogen and oxygen atoms in total. The van der Waals surface area contributed by atoms with Crippen LogP contribution in [0, 0.1) is 0 Å². The van der Waals surface area contributed by atoms with Crippen LogP contribution in [-0.2, 0) is 9.53 Å². The lowest BCUT2D eigenvalue weighted by Gasteiger charge is -2.07. The predicted octanol–water partition coefficient (Wildman–Crippen LogP) is 1.73. The van der Waals surface area contributed by atoms with Gasteiger partial charge < -0.3 is 14.2 Å². The Balaban J connectivity index is 2.17. The Kier molecular flexibility index (Phi) is 2.99. The van der Waals surface area contributed by atoms with E-state index in [2.05, 4.69) is 4.74 Å². The van der Waals surface area contributed by atoms with E-state index < -0.39 is 0 Å². The highest BCUT2D eigenvalue weighted by Gasteiger charge is 2.26. The van der Waals surface area contributed by atoms with E-state index in [-0.39, 0.29) is 11.9 Å². The fourth-order valence-electron chi connectivity index (χ4n) is 1.84. The lowest BCUT2D eigenvalue weighted by molar-refractivity contribution is -0.141. The zero-order valence-electron chi connectivity index (χ0n) is 9.36. The van der Waals surface area contributed by atoms with Crippen molar-refractivity contribution in [1.82, 2.24) is 0 Å². The highest BCUT2D eigenvalue weighted by atomic mass is 16.5. The first-order valence-corrected chi connectivity index (χ1v) is 5.12. The van der Waals surface area contributed by atoms with Gasteiger partial charge in [0.25, 0.3) is 0 Å². The summed E-state index contributed by atoms with van der Waals surface area (Å²) in [6.45, 7) is 0.525. The second-order valence-corrected chi connectivity index (χ2v) is 3.69. The molecule has 16 heavy (non-hydrogen) atoms. The monoisotopic (exact) mass is 222 g/mol. The van der Waals surface area contributed by atoms with Crippen molar-refractivity contribution in [3.63, 3.8) is 0 Å². The molecule has 4 heteroatoms. The number of esters is 1. The molecule has 0 amide bonds. The molecular weight excluding hydrogens is 208 g/mol. The Morgan fingerprint density at radius 2 is 2.31 bits per heavy atom. The Bertz CT molecular complexity index is 400. The molecule has 1 aromatic rings. The number of rotatable bonds is 3. The van der Waals surface area contributed by atoms with Crippen molar-refractivity contribution < 1.29 is 19.0 Å². The zero-order chi connectivity index (χ0) is 11.5. The van der Waals surface area contributed by atoms with Gasteiger partial charge in [-0.25, -0.2) is 0 Å². The number of carbonyl (C=O) groups excluding carboxylic acids is 1. The topological polar surface area (TPSA) is 44.8 Å². The summed E-state index contributed by atoms with van der Waals surface area (Å²) in [6, 6.07) is 5.65. The number of hydrogen-bond acceptors (Lipinski definition) is 4. The first-order valence-electron chi connectivity index (χ1n) is 5.12. The van der Waals surface area contributed by atoms with Gasteiger partial charge in [-0.1, -0.05) is 6.07 Å². The van der Waals surface area contributed by atoms with Crippen LogP contribution in [0.3, 0.4) is 0 Å². The Morgan fingerprint density at radius 1 is 1.50 bits per heavy atom. The predicted molar refractivity (Wildman–Crippen MR) is 57.9 cm³/mol. The Hall–Kier alpha value is -1.71. The standard InChI is InChI=1S/C12H14O4/c1-14-9-3-4-10-8(5-12(13)15-2)7-16-11(10)6-9/h3-4,6,8H,5,7H2,1-2H3/t8-/m0/s1. The molecule has 1 aromatic carbocycles. The summed E-state index contributed by atoms with van der Waals surface area (Å²) in [5.41, 5.74) is 1.05. The van der Waals surface area contributed by atoms with Gasteiger partial charge in [0.1, 0.15) is 11.5 Å². The third-order valence-electron chi connectivity index (χ3n) is 2.74. The lowest BCUT2D eigenvalue weighted by Crippen LogP contribution is -2.09. The minimum absolute atomic E-state index is 0.0911. The average Bonchev–Trinajstić information content (AvgIpc) is 2.71. The lowest BCUT2D eigenvalue weighted by atomic mass is 9.98. The second kappa shape index (κ2) is 4.43. The smallest absolute Gasteiger partial charge is 0.306 e. The fraction of sp³-hybridized carbons (Fsp3) is 0.417. The van der Waals surface area contributed by atoms with E-state index in [0.717, 1.165) is 17.1 Å². The minimum Gasteiger partial charge on any atom is -0.497 e. The number of hydrogen-bond donors (Lipinski definition) is 0. The number of fused-ring (bicyclic) bond motifs is 1. The Labute approximate surface area is 94.1 Å². The first-order chi connectivity index (χ1) is 7.74. The summed E-state index contributed by atoms with van der Waals surface area (Å²) in [5.74, 6) is 1.44. The molecule has 0 bridgehead atoms. The highest BCUT2D eigenvalue weighted by molar-refractivity contribution is 5.71. The molecule has 0 aromatic heterocycles. The molecule has 1 aliphatic heterocycles. The molecule has 0 N–H and O–H groups in total. The largest absolute Gasteiger partial charge is 0.497 e. The van der Waals surface area contributed by atoms with E-state index in [1.807, 2.05) is 18.2 Å². The van der Waals surface area contributed by atoms with Crippen LogP contribution in [0.5, 0.6) is 11.5 Å². The van der Waals surface area contributed by atoms with Gasteiger partial charge in [0, 0.05) is 17.5 Å². The van der Waals surface area contributed by atoms with Crippen LogP contribution in [0.2, 0.25) is 0 Å². The van der Waals surface area contributed by atoms with Crippen LogP contribution in [0.25, 0.3) is 0 Å². The number of carbonyl (C=O) groups is 1. The van der Waals surface area contributed by atoms with Crippen LogP contribution in [0.15, 0.2) is 18.2 Å². The molecule has 1 aliphatic rings. The van der Waals surface area contributed by atoms with E-state index in [9.17, 15) is 4.79 Å².